The summed E-state index contributed by atoms with van der Waals surface area (Å²) in [6, 6.07) is 7.60. The van der Waals surface area contributed by atoms with Gasteiger partial charge in [0.1, 0.15) is 5.82 Å². The third kappa shape index (κ3) is 4.28. The summed E-state index contributed by atoms with van der Waals surface area (Å²) in [5.41, 5.74) is 2.35. The van der Waals surface area contributed by atoms with Crippen LogP contribution in [0.2, 0.25) is 0 Å². The number of aryl methyl sites for hydroxylation is 1. The fourth-order valence-corrected chi connectivity index (χ4v) is 2.53. The predicted octanol–water partition coefficient (Wildman–Crippen LogP) is 3.42. The molecule has 1 atom stereocenters. The first kappa shape index (κ1) is 16.9. The van der Waals surface area contributed by atoms with E-state index in [9.17, 15) is 4.79 Å². The van der Waals surface area contributed by atoms with Crippen molar-refractivity contribution in [2.75, 3.05) is 19.0 Å². The maximum absolute atomic E-state index is 11.6. The van der Waals surface area contributed by atoms with Crippen LogP contribution >= 0.6 is 0 Å². The summed E-state index contributed by atoms with van der Waals surface area (Å²) >= 11 is 0. The van der Waals surface area contributed by atoms with E-state index in [1.807, 2.05) is 12.3 Å². The molecule has 1 N–H and O–H groups in total. The highest BCUT2D eigenvalue weighted by atomic mass is 16.5. The van der Waals surface area contributed by atoms with Gasteiger partial charge in [0.2, 0.25) is 0 Å². The molecule has 0 aliphatic carbocycles. The van der Waals surface area contributed by atoms with Crippen molar-refractivity contribution in [2.24, 2.45) is 5.92 Å². The summed E-state index contributed by atoms with van der Waals surface area (Å²) in [4.78, 5) is 20.2. The van der Waals surface area contributed by atoms with Gasteiger partial charge in [0.05, 0.1) is 18.4 Å². The molecule has 2 aromatic rings. The molecule has 0 aliphatic rings. The summed E-state index contributed by atoms with van der Waals surface area (Å²) in [5, 5.41) is 3.36. The first-order chi connectivity index (χ1) is 11.0. The lowest BCUT2D eigenvalue weighted by Crippen LogP contribution is -2.19. The van der Waals surface area contributed by atoms with Crippen molar-refractivity contribution >= 4 is 11.8 Å². The highest BCUT2D eigenvalue weighted by molar-refractivity contribution is 5.90. The first-order valence-corrected chi connectivity index (χ1v) is 7.72. The second kappa shape index (κ2) is 7.72. The van der Waals surface area contributed by atoms with Crippen LogP contribution in [0.3, 0.4) is 0 Å². The van der Waals surface area contributed by atoms with E-state index in [4.69, 9.17) is 4.74 Å². The molecule has 5 nitrogen and oxygen atoms in total. The normalized spacial score (nSPS) is 12.0. The van der Waals surface area contributed by atoms with Crippen molar-refractivity contribution in [2.45, 2.75) is 26.7 Å². The van der Waals surface area contributed by atoms with E-state index in [0.717, 1.165) is 12.4 Å². The fourth-order valence-electron chi connectivity index (χ4n) is 2.53. The van der Waals surface area contributed by atoms with Gasteiger partial charge < -0.3 is 10.1 Å². The van der Waals surface area contributed by atoms with Gasteiger partial charge >= 0.3 is 5.97 Å². The van der Waals surface area contributed by atoms with Crippen LogP contribution in [0.15, 0.2) is 36.7 Å². The van der Waals surface area contributed by atoms with E-state index in [0.29, 0.717) is 23.1 Å². The molecular formula is C18H23N3O2. The molecule has 0 saturated heterocycles. The van der Waals surface area contributed by atoms with Crippen LogP contribution in [0, 0.1) is 12.8 Å². The van der Waals surface area contributed by atoms with Crippen molar-refractivity contribution in [1.82, 2.24) is 9.97 Å². The predicted molar refractivity (Wildman–Crippen MR) is 90.6 cm³/mol. The smallest absolute Gasteiger partial charge is 0.339 e. The molecule has 0 saturated carbocycles. The molecule has 0 aliphatic heterocycles. The zero-order valence-electron chi connectivity index (χ0n) is 14.0. The Morgan fingerprint density at radius 3 is 2.65 bits per heavy atom. The van der Waals surface area contributed by atoms with Crippen LogP contribution in [0.5, 0.6) is 0 Å². The Morgan fingerprint density at radius 1 is 1.30 bits per heavy atom. The summed E-state index contributed by atoms with van der Waals surface area (Å²) < 4.78 is 4.74. The van der Waals surface area contributed by atoms with Gasteiger partial charge in [-0.15, -0.1) is 0 Å². The second-order valence-electron chi connectivity index (χ2n) is 5.84. The van der Waals surface area contributed by atoms with Crippen LogP contribution in [-0.2, 0) is 4.74 Å². The van der Waals surface area contributed by atoms with Gasteiger partial charge in [-0.25, -0.2) is 9.78 Å². The summed E-state index contributed by atoms with van der Waals surface area (Å²) in [6.07, 6.45) is 3.69. The molecule has 0 amide bonds. The van der Waals surface area contributed by atoms with E-state index in [-0.39, 0.29) is 5.97 Å². The quantitative estimate of drug-likeness (QED) is 0.828. The number of rotatable bonds is 6. The zero-order chi connectivity index (χ0) is 16.8. The lowest BCUT2D eigenvalue weighted by Gasteiger charge is -2.22. The minimum atomic E-state index is -0.364. The molecule has 1 unspecified atom stereocenters. The van der Waals surface area contributed by atoms with Crippen LogP contribution < -0.4 is 5.32 Å². The molecule has 23 heavy (non-hydrogen) atoms. The number of nitrogens with zero attached hydrogens (tertiary/aromatic N) is 2. The molecule has 0 fully saturated rings. The SMILES string of the molecule is COC(=O)c1ccc(NCC(c2cccnc2)C(C)C)nc1C. The van der Waals surface area contributed by atoms with Crippen LogP contribution in [0.1, 0.15) is 41.4 Å². The number of pyridine rings is 2. The van der Waals surface area contributed by atoms with Crippen LogP contribution in [0.4, 0.5) is 5.82 Å². The number of hydrogen-bond acceptors (Lipinski definition) is 5. The minimum Gasteiger partial charge on any atom is -0.465 e. The molecule has 0 radical (unpaired) electrons. The number of methoxy groups -OCH3 is 1. The Bertz CT molecular complexity index is 657. The minimum absolute atomic E-state index is 0.339. The maximum atomic E-state index is 11.6. The van der Waals surface area contributed by atoms with Gasteiger partial charge in [0.15, 0.2) is 0 Å². The molecule has 0 spiro atoms. The molecule has 5 heteroatoms. The Hall–Kier alpha value is -2.43. The Kier molecular flexibility index (Phi) is 5.68. The Morgan fingerprint density at radius 2 is 2.09 bits per heavy atom. The van der Waals surface area contributed by atoms with Crippen molar-refractivity contribution in [3.8, 4) is 0 Å². The van der Waals surface area contributed by atoms with Crippen LogP contribution in [-0.4, -0.2) is 29.6 Å². The monoisotopic (exact) mass is 313 g/mol. The van der Waals surface area contributed by atoms with E-state index in [1.165, 1.54) is 12.7 Å². The number of anilines is 1. The van der Waals surface area contributed by atoms with Gasteiger partial charge in [0, 0.05) is 24.9 Å². The zero-order valence-corrected chi connectivity index (χ0v) is 14.0. The lowest BCUT2D eigenvalue weighted by atomic mass is 9.89. The molecule has 122 valence electrons. The van der Waals surface area contributed by atoms with Gasteiger partial charge in [-0.3, -0.25) is 4.98 Å². The van der Waals surface area contributed by atoms with Crippen molar-refractivity contribution in [3.63, 3.8) is 0 Å². The highest BCUT2D eigenvalue weighted by Gasteiger charge is 2.16. The van der Waals surface area contributed by atoms with Crippen molar-refractivity contribution in [3.05, 3.63) is 53.5 Å². The number of carbonyl (C=O) groups excluding carboxylic acids is 1. The number of carbonyl (C=O) groups is 1. The van der Waals surface area contributed by atoms with Gasteiger partial charge in [-0.2, -0.15) is 0 Å². The third-order valence-corrected chi connectivity index (χ3v) is 3.91. The van der Waals surface area contributed by atoms with E-state index in [2.05, 4.69) is 35.2 Å². The Balaban J connectivity index is 2.10. The topological polar surface area (TPSA) is 64.1 Å². The summed E-state index contributed by atoms with van der Waals surface area (Å²) in [5.74, 6) is 1.20. The van der Waals surface area contributed by atoms with Gasteiger partial charge in [-0.1, -0.05) is 19.9 Å². The average molecular weight is 313 g/mol. The lowest BCUT2D eigenvalue weighted by molar-refractivity contribution is 0.0599. The maximum Gasteiger partial charge on any atom is 0.339 e. The highest BCUT2D eigenvalue weighted by Crippen LogP contribution is 2.24. The van der Waals surface area contributed by atoms with Crippen LogP contribution in [0.25, 0.3) is 0 Å². The summed E-state index contributed by atoms with van der Waals surface area (Å²) in [6.45, 7) is 6.95. The molecular weight excluding hydrogens is 290 g/mol. The third-order valence-electron chi connectivity index (χ3n) is 3.91. The standard InChI is InChI=1S/C18H23N3O2/c1-12(2)16(14-6-5-9-19-10-14)11-20-17-8-7-15(13(3)21-17)18(22)23-4/h5-10,12,16H,11H2,1-4H3,(H,20,21). The number of aromatic nitrogens is 2. The average Bonchev–Trinajstić information content (AvgIpc) is 2.55. The van der Waals surface area contributed by atoms with E-state index in [1.54, 1.807) is 25.3 Å². The van der Waals surface area contributed by atoms with Gasteiger partial charge in [0.25, 0.3) is 0 Å². The van der Waals surface area contributed by atoms with Crippen molar-refractivity contribution in [1.29, 1.82) is 0 Å². The number of hydrogen-bond donors (Lipinski definition) is 1. The molecule has 2 rings (SSSR count). The summed E-state index contributed by atoms with van der Waals surface area (Å²) in [7, 11) is 1.37. The number of esters is 1. The van der Waals surface area contributed by atoms with Crippen molar-refractivity contribution < 1.29 is 9.53 Å². The first-order valence-electron chi connectivity index (χ1n) is 7.72. The molecule has 0 aromatic carbocycles. The van der Waals surface area contributed by atoms with E-state index < -0.39 is 0 Å². The van der Waals surface area contributed by atoms with Gasteiger partial charge in [-0.05, 0) is 36.6 Å². The number of nitrogens with one attached hydrogen (secondary N) is 1. The largest absolute Gasteiger partial charge is 0.465 e. The van der Waals surface area contributed by atoms with E-state index >= 15 is 0 Å². The molecule has 0 bridgehead atoms. The Labute approximate surface area is 137 Å². The number of ether oxygens (including phenoxy) is 1. The fraction of sp³-hybridized carbons (Fsp3) is 0.389. The molecule has 2 aromatic heterocycles. The second-order valence-corrected chi connectivity index (χ2v) is 5.84. The molecule has 2 heterocycles.